The fraction of sp³-hybridized carbons (Fsp3) is 0.222. The van der Waals surface area contributed by atoms with Gasteiger partial charge in [0, 0.05) is 18.0 Å². The Morgan fingerprint density at radius 1 is 1.26 bits per heavy atom. The molecule has 0 fully saturated rings. The number of pyridine rings is 1. The summed E-state index contributed by atoms with van der Waals surface area (Å²) in [7, 11) is 0. The van der Waals surface area contributed by atoms with Crippen LogP contribution in [0.2, 0.25) is 0 Å². The molecule has 0 aliphatic heterocycles. The molecule has 0 unspecified atom stereocenters. The molecule has 4 nitrogen and oxygen atoms in total. The largest absolute Gasteiger partial charge is 0.490 e. The smallest absolute Gasteiger partial charge is 0.187 e. The van der Waals surface area contributed by atoms with E-state index in [0.29, 0.717) is 30.3 Å². The molecular weight excluding hydrogens is 358 g/mol. The summed E-state index contributed by atoms with van der Waals surface area (Å²) in [5.41, 5.74) is 1.40. The molecule has 0 saturated heterocycles. The highest BCUT2D eigenvalue weighted by Crippen LogP contribution is 2.37. The standard InChI is InChI=1S/C18H18BrNO3/c1-3-22-17-11-13(10-15(19)18(17)23-4-2)7-8-16(21)14-6-5-9-20-12-14/h5-12H,3-4H2,1-2H3. The SMILES string of the molecule is CCOc1cc(C=CC(=O)c2cccnc2)cc(Br)c1OCC. The quantitative estimate of drug-likeness (QED) is 0.526. The molecule has 0 amide bonds. The lowest BCUT2D eigenvalue weighted by Gasteiger charge is -2.13. The first-order chi connectivity index (χ1) is 11.2. The molecule has 0 aliphatic rings. The van der Waals surface area contributed by atoms with Gasteiger partial charge in [0.05, 0.1) is 17.7 Å². The minimum atomic E-state index is -0.0962. The second-order valence-corrected chi connectivity index (χ2v) is 5.49. The summed E-state index contributed by atoms with van der Waals surface area (Å²) >= 11 is 3.49. The van der Waals surface area contributed by atoms with Gasteiger partial charge in [-0.25, -0.2) is 0 Å². The zero-order chi connectivity index (χ0) is 16.7. The molecule has 0 radical (unpaired) electrons. The molecule has 0 bridgehead atoms. The first-order valence-corrected chi connectivity index (χ1v) is 8.16. The maximum absolute atomic E-state index is 12.1. The maximum atomic E-state index is 12.1. The Balaban J connectivity index is 2.26. The molecule has 0 atom stereocenters. The summed E-state index contributed by atoms with van der Waals surface area (Å²) < 4.78 is 12.0. The Morgan fingerprint density at radius 3 is 2.70 bits per heavy atom. The zero-order valence-electron chi connectivity index (χ0n) is 13.1. The third kappa shape index (κ3) is 4.66. The van der Waals surface area contributed by atoms with Crippen molar-refractivity contribution in [1.82, 2.24) is 4.98 Å². The van der Waals surface area contributed by atoms with E-state index < -0.39 is 0 Å². The Morgan fingerprint density at radius 2 is 2.04 bits per heavy atom. The van der Waals surface area contributed by atoms with Crippen molar-refractivity contribution >= 4 is 27.8 Å². The first-order valence-electron chi connectivity index (χ1n) is 7.37. The summed E-state index contributed by atoms with van der Waals surface area (Å²) in [5, 5.41) is 0. The van der Waals surface area contributed by atoms with Gasteiger partial charge in [-0.2, -0.15) is 0 Å². The highest BCUT2D eigenvalue weighted by molar-refractivity contribution is 9.10. The molecule has 0 N–H and O–H groups in total. The van der Waals surface area contributed by atoms with Crippen LogP contribution in [0.15, 0.2) is 47.2 Å². The number of hydrogen-bond donors (Lipinski definition) is 0. The number of benzene rings is 1. The summed E-state index contributed by atoms with van der Waals surface area (Å²) in [6.45, 7) is 4.92. The van der Waals surface area contributed by atoms with Crippen LogP contribution in [0.1, 0.15) is 29.8 Å². The lowest BCUT2D eigenvalue weighted by Crippen LogP contribution is -2.00. The van der Waals surface area contributed by atoms with E-state index in [1.165, 1.54) is 6.08 Å². The van der Waals surface area contributed by atoms with Gasteiger partial charge in [0.15, 0.2) is 17.3 Å². The number of carbonyl (C=O) groups is 1. The van der Waals surface area contributed by atoms with Crippen LogP contribution >= 0.6 is 15.9 Å². The lowest BCUT2D eigenvalue weighted by molar-refractivity contribution is 0.104. The number of halogens is 1. The first kappa shape index (κ1) is 17.2. The fourth-order valence-electron chi connectivity index (χ4n) is 2.01. The van der Waals surface area contributed by atoms with Crippen LogP contribution in [0.3, 0.4) is 0 Å². The lowest BCUT2D eigenvalue weighted by atomic mass is 10.1. The van der Waals surface area contributed by atoms with Crippen LogP contribution in [0.5, 0.6) is 11.5 Å². The number of hydrogen-bond acceptors (Lipinski definition) is 4. The molecule has 2 aromatic rings. The summed E-state index contributed by atoms with van der Waals surface area (Å²) in [6, 6.07) is 7.22. The summed E-state index contributed by atoms with van der Waals surface area (Å²) in [4.78, 5) is 16.0. The van der Waals surface area contributed by atoms with Crippen LogP contribution in [0, 0.1) is 0 Å². The van der Waals surface area contributed by atoms with Crippen molar-refractivity contribution in [3.63, 3.8) is 0 Å². The second-order valence-electron chi connectivity index (χ2n) is 4.64. The average molecular weight is 376 g/mol. The van der Waals surface area contributed by atoms with E-state index in [1.807, 2.05) is 26.0 Å². The number of ketones is 1. The number of aromatic nitrogens is 1. The third-order valence-corrected chi connectivity index (χ3v) is 3.58. The van der Waals surface area contributed by atoms with Crippen molar-refractivity contribution in [2.24, 2.45) is 0 Å². The number of allylic oxidation sites excluding steroid dienone is 1. The van der Waals surface area contributed by atoms with Crippen molar-refractivity contribution in [3.8, 4) is 11.5 Å². The predicted molar refractivity (Wildman–Crippen MR) is 94.1 cm³/mol. The number of rotatable bonds is 7. The van der Waals surface area contributed by atoms with E-state index in [9.17, 15) is 4.79 Å². The van der Waals surface area contributed by atoms with Gasteiger partial charge >= 0.3 is 0 Å². The molecule has 23 heavy (non-hydrogen) atoms. The van der Waals surface area contributed by atoms with Crippen molar-refractivity contribution in [3.05, 3.63) is 58.3 Å². The monoisotopic (exact) mass is 375 g/mol. The van der Waals surface area contributed by atoms with Crippen LogP contribution < -0.4 is 9.47 Å². The van der Waals surface area contributed by atoms with Crippen molar-refractivity contribution in [2.45, 2.75) is 13.8 Å². The molecule has 1 heterocycles. The van der Waals surface area contributed by atoms with E-state index >= 15 is 0 Å². The van der Waals surface area contributed by atoms with Crippen molar-refractivity contribution < 1.29 is 14.3 Å². The van der Waals surface area contributed by atoms with Crippen molar-refractivity contribution in [2.75, 3.05) is 13.2 Å². The normalized spacial score (nSPS) is 10.7. The molecule has 0 spiro atoms. The van der Waals surface area contributed by atoms with Gasteiger partial charge in [0.25, 0.3) is 0 Å². The van der Waals surface area contributed by atoms with Crippen LogP contribution in [0.4, 0.5) is 0 Å². The van der Waals surface area contributed by atoms with E-state index in [-0.39, 0.29) is 5.78 Å². The van der Waals surface area contributed by atoms with Gasteiger partial charge < -0.3 is 9.47 Å². The van der Waals surface area contributed by atoms with E-state index in [0.717, 1.165) is 10.0 Å². The summed E-state index contributed by atoms with van der Waals surface area (Å²) in [6.07, 6.45) is 6.46. The van der Waals surface area contributed by atoms with Gasteiger partial charge in [-0.15, -0.1) is 0 Å². The Labute approximate surface area is 144 Å². The van der Waals surface area contributed by atoms with Gasteiger partial charge in [0.1, 0.15) is 0 Å². The van der Waals surface area contributed by atoms with E-state index in [1.54, 1.807) is 30.6 Å². The van der Waals surface area contributed by atoms with Crippen molar-refractivity contribution in [1.29, 1.82) is 0 Å². The maximum Gasteiger partial charge on any atom is 0.187 e. The molecule has 0 saturated carbocycles. The second kappa shape index (κ2) is 8.48. The van der Waals surface area contributed by atoms with Crippen LogP contribution in [0.25, 0.3) is 6.08 Å². The van der Waals surface area contributed by atoms with Gasteiger partial charge in [-0.3, -0.25) is 9.78 Å². The Hall–Kier alpha value is -2.14. The predicted octanol–water partition coefficient (Wildman–Crippen LogP) is 4.54. The minimum absolute atomic E-state index is 0.0962. The highest BCUT2D eigenvalue weighted by atomic mass is 79.9. The highest BCUT2D eigenvalue weighted by Gasteiger charge is 2.11. The number of carbonyl (C=O) groups excluding carboxylic acids is 1. The zero-order valence-corrected chi connectivity index (χ0v) is 14.7. The molecule has 120 valence electrons. The van der Waals surface area contributed by atoms with E-state index in [4.69, 9.17) is 9.47 Å². The van der Waals surface area contributed by atoms with Crippen LogP contribution in [-0.2, 0) is 0 Å². The Bertz CT molecular complexity index is 699. The number of ether oxygens (including phenoxy) is 2. The topological polar surface area (TPSA) is 48.4 Å². The molecule has 0 aliphatic carbocycles. The molecule has 1 aromatic heterocycles. The van der Waals surface area contributed by atoms with Gasteiger partial charge in [-0.05, 0) is 65.7 Å². The third-order valence-electron chi connectivity index (χ3n) is 2.99. The summed E-state index contributed by atoms with van der Waals surface area (Å²) in [5.74, 6) is 1.23. The molecular formula is C18H18BrNO3. The van der Waals surface area contributed by atoms with Gasteiger partial charge in [0.2, 0.25) is 0 Å². The number of nitrogens with zero attached hydrogens (tertiary/aromatic N) is 1. The minimum Gasteiger partial charge on any atom is -0.490 e. The van der Waals surface area contributed by atoms with E-state index in [2.05, 4.69) is 20.9 Å². The molecule has 5 heteroatoms. The fourth-order valence-corrected chi connectivity index (χ4v) is 2.58. The average Bonchev–Trinajstić information content (AvgIpc) is 2.57. The van der Waals surface area contributed by atoms with Gasteiger partial charge in [-0.1, -0.05) is 6.08 Å². The molecule has 1 aromatic carbocycles. The van der Waals surface area contributed by atoms with Crippen LogP contribution in [-0.4, -0.2) is 24.0 Å². The Kier molecular flexibility index (Phi) is 6.35. The molecule has 2 rings (SSSR count).